The fraction of sp³-hybridized carbons (Fsp3) is 0.300. The van der Waals surface area contributed by atoms with Crippen LogP contribution in [0.4, 0.5) is 5.82 Å². The molecule has 0 bridgehead atoms. The van der Waals surface area contributed by atoms with Gasteiger partial charge in [-0.1, -0.05) is 0 Å². The number of nitrogens with one attached hydrogen (secondary N) is 1. The number of aryl methyl sites for hydroxylation is 2. The van der Waals surface area contributed by atoms with Crippen LogP contribution in [-0.4, -0.2) is 18.0 Å². The first-order valence-electron chi connectivity index (χ1n) is 5.21. The predicted molar refractivity (Wildman–Crippen MR) is 70.7 cm³/mol. The van der Waals surface area contributed by atoms with E-state index in [0.29, 0.717) is 0 Å². The van der Waals surface area contributed by atoms with Crippen molar-refractivity contribution in [3.63, 3.8) is 0 Å². The van der Waals surface area contributed by atoms with Gasteiger partial charge in [0.15, 0.2) is 10.8 Å². The smallest absolute Gasteiger partial charge is 0.260 e. The van der Waals surface area contributed by atoms with E-state index in [1.807, 2.05) is 18.4 Å². The number of thiophene rings is 1. The Kier molecular flexibility index (Phi) is 3.42. The van der Waals surface area contributed by atoms with Crippen LogP contribution in [0.1, 0.15) is 10.4 Å². The summed E-state index contributed by atoms with van der Waals surface area (Å²) in [7, 11) is -2.05. The summed E-state index contributed by atoms with van der Waals surface area (Å²) in [5, 5.41) is 1.92. The molecule has 0 saturated heterocycles. The molecule has 0 aliphatic rings. The molecule has 0 atom stereocenters. The summed E-state index contributed by atoms with van der Waals surface area (Å²) >= 11 is 1.52. The number of nitrogens with two attached hydrogens (primary N) is 1. The molecular formula is C10H14N4O2S2. The summed E-state index contributed by atoms with van der Waals surface area (Å²) in [6.07, 6.45) is 1.38. The molecule has 0 aliphatic carbocycles. The third-order valence-corrected chi connectivity index (χ3v) is 5.11. The van der Waals surface area contributed by atoms with E-state index in [1.54, 1.807) is 7.05 Å². The summed E-state index contributed by atoms with van der Waals surface area (Å²) < 4.78 is 28.1. The second kappa shape index (κ2) is 4.71. The van der Waals surface area contributed by atoms with Crippen LogP contribution < -0.4 is 10.5 Å². The number of rotatable bonds is 4. The van der Waals surface area contributed by atoms with Crippen LogP contribution in [0, 0.1) is 6.92 Å². The molecule has 0 radical (unpaired) electrons. The normalized spacial score (nSPS) is 11.9. The molecule has 0 unspecified atom stereocenters. The zero-order chi connectivity index (χ0) is 13.3. The van der Waals surface area contributed by atoms with Crippen molar-refractivity contribution in [2.24, 2.45) is 7.05 Å². The molecule has 2 rings (SSSR count). The molecule has 0 spiro atoms. The van der Waals surface area contributed by atoms with E-state index in [1.165, 1.54) is 22.2 Å². The highest BCUT2D eigenvalue weighted by Gasteiger charge is 2.22. The zero-order valence-corrected chi connectivity index (χ0v) is 11.7. The third kappa shape index (κ3) is 2.40. The Hall–Kier alpha value is -1.38. The van der Waals surface area contributed by atoms with Crippen LogP contribution in [0.5, 0.6) is 0 Å². The standard InChI is InChI=1S/C10H14N4O2S2/c1-7-3-4-17-8(7)5-13-18(15,16)10-9(11)12-6-14(10)2/h3-4,6,13H,5,11H2,1-2H3. The maximum absolute atomic E-state index is 12.1. The molecule has 6 nitrogen and oxygen atoms in total. The molecule has 8 heteroatoms. The molecule has 18 heavy (non-hydrogen) atoms. The molecule has 0 aliphatic heterocycles. The first-order valence-corrected chi connectivity index (χ1v) is 7.57. The predicted octanol–water partition coefficient (Wildman–Crippen LogP) is 0.851. The lowest BCUT2D eigenvalue weighted by Gasteiger charge is -2.07. The largest absolute Gasteiger partial charge is 0.381 e. The quantitative estimate of drug-likeness (QED) is 0.872. The average molecular weight is 286 g/mol. The third-order valence-electron chi connectivity index (χ3n) is 2.55. The highest BCUT2D eigenvalue weighted by molar-refractivity contribution is 7.89. The van der Waals surface area contributed by atoms with Crippen LogP contribution in [0.25, 0.3) is 0 Å². The molecule has 3 N–H and O–H groups in total. The average Bonchev–Trinajstić information content (AvgIpc) is 2.83. The van der Waals surface area contributed by atoms with Gasteiger partial charge in [-0.3, -0.25) is 0 Å². The van der Waals surface area contributed by atoms with Crippen LogP contribution in [0.15, 0.2) is 22.8 Å². The van der Waals surface area contributed by atoms with Crippen molar-refractivity contribution in [1.82, 2.24) is 14.3 Å². The van der Waals surface area contributed by atoms with Crippen LogP contribution in [0.3, 0.4) is 0 Å². The number of anilines is 1. The summed E-state index contributed by atoms with van der Waals surface area (Å²) in [5.41, 5.74) is 6.63. The minimum Gasteiger partial charge on any atom is -0.381 e. The van der Waals surface area contributed by atoms with Gasteiger partial charge in [-0.2, -0.15) is 0 Å². The first-order chi connectivity index (χ1) is 8.42. The van der Waals surface area contributed by atoms with Gasteiger partial charge in [0.1, 0.15) is 0 Å². The Morgan fingerprint density at radius 3 is 2.78 bits per heavy atom. The molecule has 2 heterocycles. The monoisotopic (exact) mass is 286 g/mol. The van der Waals surface area contributed by atoms with Crippen molar-refractivity contribution in [2.75, 3.05) is 5.73 Å². The van der Waals surface area contributed by atoms with E-state index in [2.05, 4.69) is 9.71 Å². The molecular weight excluding hydrogens is 272 g/mol. The van der Waals surface area contributed by atoms with Gasteiger partial charge < -0.3 is 10.3 Å². The molecule has 0 amide bonds. The van der Waals surface area contributed by atoms with Gasteiger partial charge in [0.05, 0.1) is 6.33 Å². The highest BCUT2D eigenvalue weighted by Crippen LogP contribution is 2.18. The Labute approximate surface area is 110 Å². The fourth-order valence-electron chi connectivity index (χ4n) is 1.58. The van der Waals surface area contributed by atoms with E-state index in [0.717, 1.165) is 10.4 Å². The second-order valence-corrected chi connectivity index (χ2v) is 6.58. The number of hydrogen-bond acceptors (Lipinski definition) is 5. The van der Waals surface area contributed by atoms with Gasteiger partial charge in [-0.05, 0) is 23.9 Å². The van der Waals surface area contributed by atoms with Gasteiger partial charge in [0, 0.05) is 18.5 Å². The van der Waals surface area contributed by atoms with Crippen LogP contribution >= 0.6 is 11.3 Å². The highest BCUT2D eigenvalue weighted by atomic mass is 32.2. The zero-order valence-electron chi connectivity index (χ0n) is 10.0. The number of imidazole rings is 1. The molecule has 98 valence electrons. The van der Waals surface area contributed by atoms with Crippen molar-refractivity contribution in [2.45, 2.75) is 18.5 Å². The van der Waals surface area contributed by atoms with Gasteiger partial charge in [-0.15, -0.1) is 11.3 Å². The summed E-state index contributed by atoms with van der Waals surface area (Å²) in [5.74, 6) is 0.00732. The number of aromatic nitrogens is 2. The minimum absolute atomic E-state index is 0.00305. The van der Waals surface area contributed by atoms with Gasteiger partial charge in [0.25, 0.3) is 10.0 Å². The Morgan fingerprint density at radius 2 is 2.28 bits per heavy atom. The molecule has 0 aromatic carbocycles. The second-order valence-electron chi connectivity index (χ2n) is 3.90. The lowest BCUT2D eigenvalue weighted by atomic mass is 10.3. The Morgan fingerprint density at radius 1 is 1.56 bits per heavy atom. The maximum atomic E-state index is 12.1. The van der Waals surface area contributed by atoms with Crippen molar-refractivity contribution in [1.29, 1.82) is 0 Å². The van der Waals surface area contributed by atoms with E-state index < -0.39 is 10.0 Å². The van der Waals surface area contributed by atoms with Crippen molar-refractivity contribution < 1.29 is 8.42 Å². The van der Waals surface area contributed by atoms with Crippen LogP contribution in [0.2, 0.25) is 0 Å². The number of hydrogen-bond donors (Lipinski definition) is 2. The summed E-state index contributed by atoms with van der Waals surface area (Å²) in [6.45, 7) is 2.20. The molecule has 2 aromatic heterocycles. The SMILES string of the molecule is Cc1ccsc1CNS(=O)(=O)c1c(N)ncn1C. The van der Waals surface area contributed by atoms with E-state index in [9.17, 15) is 8.42 Å². The number of nitrogens with zero attached hydrogens (tertiary/aromatic N) is 2. The number of sulfonamides is 1. The molecule has 0 fully saturated rings. The Balaban J connectivity index is 2.21. The summed E-state index contributed by atoms with van der Waals surface area (Å²) in [4.78, 5) is 4.75. The first kappa shape index (κ1) is 13.1. The van der Waals surface area contributed by atoms with E-state index in [-0.39, 0.29) is 17.4 Å². The van der Waals surface area contributed by atoms with E-state index >= 15 is 0 Å². The topological polar surface area (TPSA) is 90.0 Å². The van der Waals surface area contributed by atoms with Gasteiger partial charge in [-0.25, -0.2) is 18.1 Å². The lowest BCUT2D eigenvalue weighted by Crippen LogP contribution is -2.25. The molecule has 2 aromatic rings. The summed E-state index contributed by atoms with van der Waals surface area (Å²) in [6, 6.07) is 1.95. The van der Waals surface area contributed by atoms with Crippen molar-refractivity contribution in [3.8, 4) is 0 Å². The fourth-order valence-corrected chi connectivity index (χ4v) is 3.74. The van der Waals surface area contributed by atoms with E-state index in [4.69, 9.17) is 5.73 Å². The van der Waals surface area contributed by atoms with Gasteiger partial charge >= 0.3 is 0 Å². The number of nitrogen functional groups attached to an aromatic ring is 1. The van der Waals surface area contributed by atoms with Crippen molar-refractivity contribution >= 4 is 27.2 Å². The maximum Gasteiger partial charge on any atom is 0.260 e. The van der Waals surface area contributed by atoms with Crippen LogP contribution in [-0.2, 0) is 23.6 Å². The minimum atomic E-state index is -3.64. The van der Waals surface area contributed by atoms with Gasteiger partial charge in [0.2, 0.25) is 0 Å². The Bertz CT molecular complexity index is 638. The molecule has 0 saturated carbocycles. The van der Waals surface area contributed by atoms with Crippen molar-refractivity contribution in [3.05, 3.63) is 28.2 Å². The lowest BCUT2D eigenvalue weighted by molar-refractivity contribution is 0.572.